The standard InChI is InChI=1S/C14H24N4/c1-3-13(12-5-6-12)11-14(4-1)15-7-2-9-18-10-8-16-17-18/h8,10,12-15H,1-7,9,11H2. The predicted octanol–water partition coefficient (Wildman–Crippen LogP) is 2.23. The first-order valence-corrected chi connectivity index (χ1v) is 7.49. The minimum atomic E-state index is 0.778. The molecule has 4 heteroatoms. The van der Waals surface area contributed by atoms with Gasteiger partial charge in [-0.2, -0.15) is 0 Å². The lowest BCUT2D eigenvalue weighted by Gasteiger charge is -2.30. The largest absolute Gasteiger partial charge is 0.314 e. The van der Waals surface area contributed by atoms with Gasteiger partial charge in [0.25, 0.3) is 0 Å². The van der Waals surface area contributed by atoms with E-state index in [0.29, 0.717) is 0 Å². The summed E-state index contributed by atoms with van der Waals surface area (Å²) < 4.78 is 1.91. The zero-order valence-corrected chi connectivity index (χ0v) is 11.1. The molecular formula is C14H24N4. The molecule has 1 N–H and O–H groups in total. The van der Waals surface area contributed by atoms with Gasteiger partial charge in [-0.3, -0.25) is 4.68 Å². The van der Waals surface area contributed by atoms with E-state index in [1.807, 2.05) is 10.9 Å². The number of nitrogens with zero attached hydrogens (tertiary/aromatic N) is 3. The average molecular weight is 248 g/mol. The Bertz CT molecular complexity index is 345. The third-order valence-corrected chi connectivity index (χ3v) is 4.47. The minimum Gasteiger partial charge on any atom is -0.314 e. The highest BCUT2D eigenvalue weighted by Gasteiger charge is 2.34. The fourth-order valence-corrected chi connectivity index (χ4v) is 3.31. The van der Waals surface area contributed by atoms with Crippen molar-refractivity contribution in [1.29, 1.82) is 0 Å². The second-order valence-corrected chi connectivity index (χ2v) is 5.93. The van der Waals surface area contributed by atoms with E-state index in [2.05, 4.69) is 15.6 Å². The van der Waals surface area contributed by atoms with Gasteiger partial charge in [-0.05, 0) is 50.5 Å². The van der Waals surface area contributed by atoms with Crippen molar-refractivity contribution in [1.82, 2.24) is 20.3 Å². The minimum absolute atomic E-state index is 0.778. The van der Waals surface area contributed by atoms with Crippen LogP contribution in [0.5, 0.6) is 0 Å². The van der Waals surface area contributed by atoms with Crippen LogP contribution in [0.4, 0.5) is 0 Å². The summed E-state index contributed by atoms with van der Waals surface area (Å²) in [7, 11) is 0. The van der Waals surface area contributed by atoms with Gasteiger partial charge < -0.3 is 5.32 Å². The van der Waals surface area contributed by atoms with Crippen molar-refractivity contribution in [2.75, 3.05) is 6.54 Å². The number of aryl methyl sites for hydroxylation is 1. The molecule has 1 aromatic heterocycles. The van der Waals surface area contributed by atoms with Crippen molar-refractivity contribution in [3.8, 4) is 0 Å². The summed E-state index contributed by atoms with van der Waals surface area (Å²) >= 11 is 0. The Kier molecular flexibility index (Phi) is 3.93. The van der Waals surface area contributed by atoms with Gasteiger partial charge in [-0.1, -0.05) is 18.1 Å². The molecule has 3 rings (SSSR count). The maximum absolute atomic E-state index is 3.98. The van der Waals surface area contributed by atoms with Crippen molar-refractivity contribution in [3.05, 3.63) is 12.4 Å². The normalized spacial score (nSPS) is 28.4. The molecule has 0 bridgehead atoms. The summed E-state index contributed by atoms with van der Waals surface area (Å²) in [4.78, 5) is 0. The zero-order valence-electron chi connectivity index (χ0n) is 11.1. The Balaban J connectivity index is 1.32. The highest BCUT2D eigenvalue weighted by Crippen LogP contribution is 2.43. The van der Waals surface area contributed by atoms with Crippen molar-refractivity contribution >= 4 is 0 Å². The van der Waals surface area contributed by atoms with Gasteiger partial charge in [0.05, 0.1) is 6.20 Å². The van der Waals surface area contributed by atoms with E-state index < -0.39 is 0 Å². The Morgan fingerprint density at radius 1 is 1.17 bits per heavy atom. The van der Waals surface area contributed by atoms with Crippen LogP contribution in [0.15, 0.2) is 12.4 Å². The molecule has 0 saturated heterocycles. The van der Waals surface area contributed by atoms with E-state index in [0.717, 1.165) is 37.4 Å². The second kappa shape index (κ2) is 5.83. The SMILES string of the molecule is c1cn(CCCNC2CCCC(C3CC3)C2)nn1. The van der Waals surface area contributed by atoms with E-state index in [-0.39, 0.29) is 0 Å². The third kappa shape index (κ3) is 3.31. The van der Waals surface area contributed by atoms with Crippen LogP contribution >= 0.6 is 0 Å². The summed E-state index contributed by atoms with van der Waals surface area (Å²) in [6, 6.07) is 0.778. The molecule has 1 heterocycles. The third-order valence-electron chi connectivity index (χ3n) is 4.47. The van der Waals surface area contributed by atoms with Crippen LogP contribution in [-0.4, -0.2) is 27.6 Å². The van der Waals surface area contributed by atoms with Gasteiger partial charge in [-0.25, -0.2) is 0 Å². The van der Waals surface area contributed by atoms with Gasteiger partial charge in [0.2, 0.25) is 0 Å². The van der Waals surface area contributed by atoms with Crippen LogP contribution < -0.4 is 5.32 Å². The van der Waals surface area contributed by atoms with Crippen LogP contribution in [0.25, 0.3) is 0 Å². The van der Waals surface area contributed by atoms with Crippen LogP contribution in [-0.2, 0) is 6.54 Å². The lowest BCUT2D eigenvalue weighted by atomic mass is 9.83. The highest BCUT2D eigenvalue weighted by atomic mass is 15.4. The second-order valence-electron chi connectivity index (χ2n) is 5.93. The number of rotatable bonds is 6. The van der Waals surface area contributed by atoms with Gasteiger partial charge in [0.15, 0.2) is 0 Å². The van der Waals surface area contributed by atoms with Gasteiger partial charge >= 0.3 is 0 Å². The van der Waals surface area contributed by atoms with E-state index >= 15 is 0 Å². The van der Waals surface area contributed by atoms with E-state index in [1.165, 1.54) is 38.5 Å². The monoisotopic (exact) mass is 248 g/mol. The Morgan fingerprint density at radius 3 is 2.89 bits per heavy atom. The Labute approximate surface area is 109 Å². The van der Waals surface area contributed by atoms with Crippen molar-refractivity contribution < 1.29 is 0 Å². The molecule has 0 amide bonds. The molecule has 4 nitrogen and oxygen atoms in total. The Hall–Kier alpha value is -0.900. The first kappa shape index (κ1) is 12.2. The molecule has 2 fully saturated rings. The van der Waals surface area contributed by atoms with Crippen LogP contribution in [0.1, 0.15) is 44.9 Å². The van der Waals surface area contributed by atoms with E-state index in [1.54, 1.807) is 6.20 Å². The maximum atomic E-state index is 3.98. The predicted molar refractivity (Wildman–Crippen MR) is 71.1 cm³/mol. The summed E-state index contributed by atoms with van der Waals surface area (Å²) in [5.74, 6) is 2.12. The van der Waals surface area contributed by atoms with Crippen molar-refractivity contribution in [2.45, 2.75) is 57.5 Å². The molecule has 2 unspecified atom stereocenters. The number of hydrogen-bond acceptors (Lipinski definition) is 3. The molecule has 2 atom stereocenters. The first-order chi connectivity index (χ1) is 8.92. The topological polar surface area (TPSA) is 42.7 Å². The molecule has 0 radical (unpaired) electrons. The molecule has 1 aromatic rings. The molecule has 2 aliphatic rings. The molecule has 0 aromatic carbocycles. The lowest BCUT2D eigenvalue weighted by Crippen LogP contribution is -2.35. The van der Waals surface area contributed by atoms with Gasteiger partial charge in [0, 0.05) is 18.8 Å². The average Bonchev–Trinajstić information content (AvgIpc) is 3.13. The summed E-state index contributed by atoms with van der Waals surface area (Å²) in [6.45, 7) is 2.09. The molecule has 0 spiro atoms. The molecule has 18 heavy (non-hydrogen) atoms. The summed E-state index contributed by atoms with van der Waals surface area (Å²) in [5.41, 5.74) is 0. The van der Waals surface area contributed by atoms with Crippen molar-refractivity contribution in [3.63, 3.8) is 0 Å². The van der Waals surface area contributed by atoms with Gasteiger partial charge in [-0.15, -0.1) is 5.10 Å². The van der Waals surface area contributed by atoms with Crippen LogP contribution in [0.3, 0.4) is 0 Å². The van der Waals surface area contributed by atoms with E-state index in [9.17, 15) is 0 Å². The number of nitrogens with one attached hydrogen (secondary N) is 1. The molecular weight excluding hydrogens is 224 g/mol. The fourth-order valence-electron chi connectivity index (χ4n) is 3.31. The first-order valence-electron chi connectivity index (χ1n) is 7.49. The highest BCUT2D eigenvalue weighted by molar-refractivity contribution is 4.87. The molecule has 100 valence electrons. The molecule has 0 aliphatic heterocycles. The van der Waals surface area contributed by atoms with Crippen LogP contribution in [0.2, 0.25) is 0 Å². The zero-order chi connectivity index (χ0) is 12.2. The van der Waals surface area contributed by atoms with Crippen molar-refractivity contribution in [2.24, 2.45) is 11.8 Å². The smallest absolute Gasteiger partial charge is 0.0692 e. The van der Waals surface area contributed by atoms with E-state index in [4.69, 9.17) is 0 Å². The van der Waals surface area contributed by atoms with Gasteiger partial charge in [0.1, 0.15) is 0 Å². The van der Waals surface area contributed by atoms with Crippen LogP contribution in [0, 0.1) is 11.8 Å². The number of aromatic nitrogens is 3. The number of hydrogen-bond donors (Lipinski definition) is 1. The molecule has 2 saturated carbocycles. The molecule has 2 aliphatic carbocycles. The quantitative estimate of drug-likeness (QED) is 0.785. The Morgan fingerprint density at radius 2 is 2.11 bits per heavy atom. The fraction of sp³-hybridized carbons (Fsp3) is 0.857. The summed E-state index contributed by atoms with van der Waals surface area (Å²) in [5, 5.41) is 11.5. The summed E-state index contributed by atoms with van der Waals surface area (Å²) in [6.07, 6.45) is 13.6. The lowest BCUT2D eigenvalue weighted by molar-refractivity contribution is 0.260. The maximum Gasteiger partial charge on any atom is 0.0692 e.